The number of primary amides is 1. The van der Waals surface area contributed by atoms with Crippen LogP contribution < -0.4 is 27.4 Å². The first-order chi connectivity index (χ1) is 13.8. The minimum absolute atomic E-state index is 0.169. The molecule has 0 bridgehead atoms. The SMILES string of the molecule is CC(C)C(NC(=O)C(CCC(N)=O)NC(=O)C(N)CCC(=O)O)C(=O)NCC(=O)O. The number of carbonyl (C=O) groups excluding carboxylic acids is 4. The third-order valence-electron chi connectivity index (χ3n) is 3.98. The van der Waals surface area contributed by atoms with Crippen molar-refractivity contribution in [3.05, 3.63) is 0 Å². The quantitative estimate of drug-likeness (QED) is 0.151. The molecule has 0 fully saturated rings. The summed E-state index contributed by atoms with van der Waals surface area (Å²) in [6, 6.07) is -3.58. The van der Waals surface area contributed by atoms with E-state index in [1.54, 1.807) is 13.8 Å². The summed E-state index contributed by atoms with van der Waals surface area (Å²) in [5.41, 5.74) is 10.7. The highest BCUT2D eigenvalue weighted by atomic mass is 16.4. The van der Waals surface area contributed by atoms with Crippen molar-refractivity contribution in [1.82, 2.24) is 16.0 Å². The van der Waals surface area contributed by atoms with Crippen molar-refractivity contribution in [1.29, 1.82) is 0 Å². The molecule has 0 saturated carbocycles. The van der Waals surface area contributed by atoms with Gasteiger partial charge in [-0.1, -0.05) is 13.8 Å². The minimum atomic E-state index is -1.27. The van der Waals surface area contributed by atoms with Crippen LogP contribution in [0.2, 0.25) is 0 Å². The van der Waals surface area contributed by atoms with Crippen LogP contribution in [-0.2, 0) is 28.8 Å². The maximum Gasteiger partial charge on any atom is 0.322 e. The van der Waals surface area contributed by atoms with Gasteiger partial charge in [0, 0.05) is 12.8 Å². The van der Waals surface area contributed by atoms with E-state index in [1.807, 2.05) is 0 Å². The van der Waals surface area contributed by atoms with Gasteiger partial charge < -0.3 is 37.6 Å². The molecule has 0 aliphatic heterocycles. The van der Waals surface area contributed by atoms with Gasteiger partial charge in [-0.25, -0.2) is 0 Å². The third-order valence-corrected chi connectivity index (χ3v) is 3.98. The molecule has 3 unspecified atom stereocenters. The number of carbonyl (C=O) groups is 6. The molecule has 0 spiro atoms. The van der Waals surface area contributed by atoms with Gasteiger partial charge >= 0.3 is 11.9 Å². The summed E-state index contributed by atoms with van der Waals surface area (Å²) in [4.78, 5) is 69.3. The lowest BCUT2D eigenvalue weighted by atomic mass is 10.0. The predicted molar refractivity (Wildman–Crippen MR) is 103 cm³/mol. The molecule has 0 aromatic rings. The molecule has 30 heavy (non-hydrogen) atoms. The molecule has 13 heteroatoms. The first-order valence-electron chi connectivity index (χ1n) is 9.21. The van der Waals surface area contributed by atoms with Crippen LogP contribution in [0.3, 0.4) is 0 Å². The summed E-state index contributed by atoms with van der Waals surface area (Å²) < 4.78 is 0. The summed E-state index contributed by atoms with van der Waals surface area (Å²) >= 11 is 0. The van der Waals surface area contributed by atoms with Gasteiger partial charge in [0.25, 0.3) is 0 Å². The van der Waals surface area contributed by atoms with E-state index in [9.17, 15) is 28.8 Å². The average Bonchev–Trinajstić information content (AvgIpc) is 2.64. The third kappa shape index (κ3) is 10.9. The molecular formula is C17H29N5O8. The number of carboxylic acids is 2. The summed E-state index contributed by atoms with van der Waals surface area (Å²) in [5, 5.41) is 24.2. The fraction of sp³-hybridized carbons (Fsp3) is 0.647. The second-order valence-electron chi connectivity index (χ2n) is 6.95. The van der Waals surface area contributed by atoms with Crippen LogP contribution in [0.15, 0.2) is 0 Å². The van der Waals surface area contributed by atoms with Gasteiger partial charge in [0.15, 0.2) is 0 Å². The van der Waals surface area contributed by atoms with Crippen molar-refractivity contribution in [2.45, 2.75) is 57.7 Å². The maximum absolute atomic E-state index is 12.6. The van der Waals surface area contributed by atoms with Gasteiger partial charge in [-0.2, -0.15) is 0 Å². The molecule has 0 aromatic heterocycles. The molecule has 0 aromatic carbocycles. The second kappa shape index (κ2) is 13.1. The van der Waals surface area contributed by atoms with Gasteiger partial charge in [0.1, 0.15) is 18.6 Å². The van der Waals surface area contributed by atoms with E-state index >= 15 is 0 Å². The normalized spacial score (nSPS) is 13.6. The Balaban J connectivity index is 5.23. The highest BCUT2D eigenvalue weighted by Gasteiger charge is 2.30. The average molecular weight is 431 g/mol. The van der Waals surface area contributed by atoms with Crippen LogP contribution in [0.1, 0.15) is 39.5 Å². The Hall–Kier alpha value is -3.22. The number of hydrogen-bond acceptors (Lipinski definition) is 7. The standard InChI is InChI=1S/C17H29N5O8/c1-8(2)14(17(30)20-7-13(26)27)22-16(29)10(4-5-11(19)23)21-15(28)9(18)3-6-12(24)25/h8-10,14H,3-7,18H2,1-2H3,(H2,19,23)(H,20,30)(H,21,28)(H,22,29)(H,24,25)(H,26,27). The zero-order valence-corrected chi connectivity index (χ0v) is 16.8. The van der Waals surface area contributed by atoms with E-state index in [2.05, 4.69) is 16.0 Å². The van der Waals surface area contributed by atoms with E-state index in [4.69, 9.17) is 21.7 Å². The Morgan fingerprint density at radius 2 is 1.43 bits per heavy atom. The topological polar surface area (TPSA) is 231 Å². The molecule has 0 heterocycles. The molecule has 13 nitrogen and oxygen atoms in total. The Kier molecular flexibility index (Phi) is 11.7. The summed E-state index contributed by atoms with van der Waals surface area (Å²) in [6.07, 6.45) is -0.955. The van der Waals surface area contributed by atoms with Crippen molar-refractivity contribution >= 4 is 35.6 Å². The lowest BCUT2D eigenvalue weighted by Crippen LogP contribution is -2.57. The van der Waals surface area contributed by atoms with Crippen molar-refractivity contribution in [2.24, 2.45) is 17.4 Å². The first-order valence-corrected chi connectivity index (χ1v) is 9.21. The number of amides is 4. The second-order valence-corrected chi connectivity index (χ2v) is 6.95. The van der Waals surface area contributed by atoms with Gasteiger partial charge in [0.2, 0.25) is 23.6 Å². The van der Waals surface area contributed by atoms with Crippen molar-refractivity contribution in [3.63, 3.8) is 0 Å². The van der Waals surface area contributed by atoms with Crippen molar-refractivity contribution in [2.75, 3.05) is 6.54 Å². The fourth-order valence-electron chi connectivity index (χ4n) is 2.31. The highest BCUT2D eigenvalue weighted by Crippen LogP contribution is 2.06. The van der Waals surface area contributed by atoms with Crippen molar-refractivity contribution < 1.29 is 39.0 Å². The Labute approximate surface area is 172 Å². The Bertz CT molecular complexity index is 667. The minimum Gasteiger partial charge on any atom is -0.481 e. The van der Waals surface area contributed by atoms with Crippen molar-refractivity contribution in [3.8, 4) is 0 Å². The molecule has 0 aliphatic rings. The number of carboxylic acid groups (broad SMARTS) is 2. The molecule has 0 aliphatic carbocycles. The highest BCUT2D eigenvalue weighted by molar-refractivity contribution is 5.94. The molecular weight excluding hydrogens is 402 g/mol. The molecule has 9 N–H and O–H groups in total. The summed E-state index contributed by atoms with van der Waals surface area (Å²) in [7, 11) is 0. The maximum atomic E-state index is 12.6. The van der Waals surface area contributed by atoms with E-state index in [0.717, 1.165) is 0 Å². The predicted octanol–water partition coefficient (Wildman–Crippen LogP) is -2.73. The number of nitrogens with two attached hydrogens (primary N) is 2. The van der Waals surface area contributed by atoms with Gasteiger partial charge in [-0.05, 0) is 18.8 Å². The largest absolute Gasteiger partial charge is 0.481 e. The lowest BCUT2D eigenvalue weighted by Gasteiger charge is -2.25. The monoisotopic (exact) mass is 431 g/mol. The van der Waals surface area contributed by atoms with E-state index in [0.29, 0.717) is 0 Å². The van der Waals surface area contributed by atoms with E-state index in [1.165, 1.54) is 0 Å². The molecule has 4 amide bonds. The van der Waals surface area contributed by atoms with E-state index in [-0.39, 0.29) is 25.7 Å². The number of nitrogens with one attached hydrogen (secondary N) is 3. The fourth-order valence-corrected chi connectivity index (χ4v) is 2.31. The number of rotatable bonds is 14. The molecule has 0 saturated heterocycles. The molecule has 0 radical (unpaired) electrons. The van der Waals surface area contributed by atoms with Gasteiger partial charge in [0.05, 0.1) is 6.04 Å². The van der Waals surface area contributed by atoms with Crippen LogP contribution >= 0.6 is 0 Å². The Morgan fingerprint density at radius 3 is 1.90 bits per heavy atom. The zero-order valence-electron chi connectivity index (χ0n) is 16.8. The van der Waals surface area contributed by atoms with E-state index < -0.39 is 66.2 Å². The summed E-state index contributed by atoms with van der Waals surface area (Å²) in [6.45, 7) is 2.59. The van der Waals surface area contributed by atoms with Crippen LogP contribution in [-0.4, -0.2) is 70.5 Å². The van der Waals surface area contributed by atoms with Crippen LogP contribution in [0.4, 0.5) is 0 Å². The van der Waals surface area contributed by atoms with Crippen LogP contribution in [0.25, 0.3) is 0 Å². The van der Waals surface area contributed by atoms with Crippen LogP contribution in [0, 0.1) is 5.92 Å². The van der Waals surface area contributed by atoms with Gasteiger partial charge in [-0.3, -0.25) is 28.8 Å². The van der Waals surface area contributed by atoms with Crippen LogP contribution in [0.5, 0.6) is 0 Å². The van der Waals surface area contributed by atoms with Gasteiger partial charge in [-0.15, -0.1) is 0 Å². The number of hydrogen-bond donors (Lipinski definition) is 7. The number of aliphatic carboxylic acids is 2. The Morgan fingerprint density at radius 1 is 0.833 bits per heavy atom. The summed E-state index contributed by atoms with van der Waals surface area (Å²) in [5.74, 6) is -5.91. The lowest BCUT2D eigenvalue weighted by molar-refractivity contribution is -0.139. The molecule has 3 atom stereocenters. The smallest absolute Gasteiger partial charge is 0.322 e. The molecule has 0 rings (SSSR count). The zero-order chi connectivity index (χ0) is 23.4. The molecule has 170 valence electrons. The first kappa shape index (κ1) is 26.8.